The van der Waals surface area contributed by atoms with Crippen LogP contribution in [0.2, 0.25) is 5.02 Å². The molecule has 4 heterocycles. The highest BCUT2D eigenvalue weighted by Gasteiger charge is 2.50. The largest absolute Gasteiger partial charge is 0.482 e. The molecule has 1 N–H and O–H groups in total. The van der Waals surface area contributed by atoms with Crippen LogP contribution in [0, 0.1) is 5.92 Å². The second-order valence-electron chi connectivity index (χ2n) is 8.75. The number of pyridine rings is 1. The van der Waals surface area contributed by atoms with Gasteiger partial charge in [0.05, 0.1) is 29.1 Å². The van der Waals surface area contributed by atoms with Gasteiger partial charge >= 0.3 is 12.0 Å². The lowest BCUT2D eigenvalue weighted by atomic mass is 9.94. The van der Waals surface area contributed by atoms with Crippen LogP contribution in [0.4, 0.5) is 14.5 Å². The monoisotopic (exact) mass is 510 g/mol. The third kappa shape index (κ3) is 3.85. The fourth-order valence-corrected chi connectivity index (χ4v) is 4.46. The lowest BCUT2D eigenvalue weighted by molar-refractivity contribution is -0.193. The summed E-state index contributed by atoms with van der Waals surface area (Å²) in [5, 5.41) is 7.73. The summed E-state index contributed by atoms with van der Waals surface area (Å²) in [5.74, 6) is -1.17. The van der Waals surface area contributed by atoms with Crippen molar-refractivity contribution >= 4 is 40.5 Å². The molecule has 1 aliphatic carbocycles. The van der Waals surface area contributed by atoms with E-state index < -0.39 is 12.0 Å². The van der Waals surface area contributed by atoms with Gasteiger partial charge in [-0.3, -0.25) is 19.6 Å². The van der Waals surface area contributed by atoms with Gasteiger partial charge in [-0.15, -0.1) is 0 Å². The van der Waals surface area contributed by atoms with Crippen LogP contribution in [0.1, 0.15) is 34.7 Å². The number of nitrogens with zero attached hydrogens (tertiary/aromatic N) is 5. The van der Waals surface area contributed by atoms with Gasteiger partial charge in [0.1, 0.15) is 5.82 Å². The second kappa shape index (κ2) is 8.30. The third-order valence-electron chi connectivity index (χ3n) is 6.26. The van der Waals surface area contributed by atoms with Crippen molar-refractivity contribution in [2.75, 3.05) is 4.90 Å². The number of halogens is 3. The quantitative estimate of drug-likeness (QED) is 0.383. The van der Waals surface area contributed by atoms with Crippen LogP contribution in [-0.2, 0) is 17.8 Å². The number of carbonyl (C=O) groups is 2. The first-order valence-electron chi connectivity index (χ1n) is 11.1. The van der Waals surface area contributed by atoms with Gasteiger partial charge in [0.25, 0.3) is 0 Å². The van der Waals surface area contributed by atoms with Crippen LogP contribution in [-0.4, -0.2) is 43.5 Å². The minimum Gasteiger partial charge on any atom is -0.423 e. The molecule has 4 aromatic rings. The number of carbonyl (C=O) groups excluding carboxylic acids is 2. The van der Waals surface area contributed by atoms with Crippen molar-refractivity contribution in [3.05, 3.63) is 58.9 Å². The summed E-state index contributed by atoms with van der Waals surface area (Å²) in [6.45, 7) is -0.312. The second-order valence-corrected chi connectivity index (χ2v) is 9.19. The minimum atomic E-state index is -4.11. The molecule has 2 aliphatic rings. The van der Waals surface area contributed by atoms with E-state index in [2.05, 4.69) is 25.1 Å². The summed E-state index contributed by atoms with van der Waals surface area (Å²) in [5.41, 5.74) is 2.58. The molecule has 1 aromatic carbocycles. The van der Waals surface area contributed by atoms with Crippen molar-refractivity contribution in [2.45, 2.75) is 31.9 Å². The molecule has 0 saturated heterocycles. The van der Waals surface area contributed by atoms with Crippen LogP contribution < -0.4 is 9.64 Å². The summed E-state index contributed by atoms with van der Waals surface area (Å²) in [4.78, 5) is 38.2. The molecule has 0 spiro atoms. The molecule has 1 saturated carbocycles. The molecule has 0 bridgehead atoms. The molecule has 1 amide bonds. The van der Waals surface area contributed by atoms with E-state index in [1.54, 1.807) is 6.07 Å². The Labute approximate surface area is 207 Å². The minimum absolute atomic E-state index is 0.122. The maximum atomic E-state index is 14.6. The lowest BCUT2D eigenvalue weighted by Crippen LogP contribution is -2.50. The molecule has 12 heteroatoms. The SMILES string of the molecule is O=Cc1c(CC2CC2)nc2[nH]ncc2c1-c1ccc2c(c1)OC(F)(F)C(=O)N2Cc1ncc(Cl)cn1. The normalized spacial score (nSPS) is 16.6. The summed E-state index contributed by atoms with van der Waals surface area (Å²) in [6.07, 6.45) is 3.57. The van der Waals surface area contributed by atoms with Gasteiger partial charge in [0.15, 0.2) is 17.7 Å². The van der Waals surface area contributed by atoms with E-state index in [4.69, 9.17) is 16.3 Å². The number of alkyl halides is 2. The number of hydrogen-bond donors (Lipinski definition) is 1. The van der Waals surface area contributed by atoms with E-state index in [0.717, 1.165) is 24.0 Å². The molecular formula is C24H17ClF2N6O3. The van der Waals surface area contributed by atoms with Crippen molar-refractivity contribution in [1.29, 1.82) is 0 Å². The van der Waals surface area contributed by atoms with Gasteiger partial charge in [0, 0.05) is 28.9 Å². The first-order valence-corrected chi connectivity index (χ1v) is 11.5. The average Bonchev–Trinajstić information content (AvgIpc) is 3.55. The number of fused-ring (bicyclic) bond motifs is 2. The molecular weight excluding hydrogens is 494 g/mol. The van der Waals surface area contributed by atoms with Crippen LogP contribution in [0.25, 0.3) is 22.2 Å². The van der Waals surface area contributed by atoms with E-state index >= 15 is 0 Å². The van der Waals surface area contributed by atoms with Crippen molar-refractivity contribution < 1.29 is 23.1 Å². The van der Waals surface area contributed by atoms with E-state index in [1.165, 1.54) is 30.7 Å². The zero-order chi connectivity index (χ0) is 25.0. The predicted molar refractivity (Wildman–Crippen MR) is 125 cm³/mol. The smallest absolute Gasteiger partial charge is 0.423 e. The average molecular weight is 511 g/mol. The van der Waals surface area contributed by atoms with Gasteiger partial charge < -0.3 is 4.74 Å². The molecule has 36 heavy (non-hydrogen) atoms. The number of hydrogen-bond acceptors (Lipinski definition) is 7. The van der Waals surface area contributed by atoms with Crippen molar-refractivity contribution in [2.24, 2.45) is 5.92 Å². The van der Waals surface area contributed by atoms with Gasteiger partial charge in [0.2, 0.25) is 0 Å². The number of aromatic nitrogens is 5. The Morgan fingerprint density at radius 2 is 2.00 bits per heavy atom. The fourth-order valence-electron chi connectivity index (χ4n) is 4.36. The Morgan fingerprint density at radius 3 is 2.72 bits per heavy atom. The Kier molecular flexibility index (Phi) is 5.18. The first-order chi connectivity index (χ1) is 17.3. The highest BCUT2D eigenvalue weighted by atomic mass is 35.5. The van der Waals surface area contributed by atoms with Gasteiger partial charge in [-0.1, -0.05) is 17.7 Å². The zero-order valence-electron chi connectivity index (χ0n) is 18.5. The van der Waals surface area contributed by atoms with Crippen molar-refractivity contribution in [3.63, 3.8) is 0 Å². The summed E-state index contributed by atoms with van der Waals surface area (Å²) in [7, 11) is 0. The Balaban J connectivity index is 1.47. The molecule has 0 atom stereocenters. The number of anilines is 1. The number of H-pyrrole nitrogens is 1. The molecule has 1 fully saturated rings. The fraction of sp³-hybridized carbons (Fsp3) is 0.250. The highest BCUT2D eigenvalue weighted by molar-refractivity contribution is 6.30. The van der Waals surface area contributed by atoms with Crippen LogP contribution >= 0.6 is 11.6 Å². The molecule has 3 aromatic heterocycles. The van der Waals surface area contributed by atoms with Gasteiger partial charge in [-0.05, 0) is 42.9 Å². The Morgan fingerprint density at radius 1 is 1.22 bits per heavy atom. The van der Waals surface area contributed by atoms with Gasteiger partial charge in [-0.25, -0.2) is 15.0 Å². The van der Waals surface area contributed by atoms with Crippen LogP contribution in [0.5, 0.6) is 5.75 Å². The van der Waals surface area contributed by atoms with Crippen molar-refractivity contribution in [3.8, 4) is 16.9 Å². The number of aldehydes is 1. The van der Waals surface area contributed by atoms with E-state index in [9.17, 15) is 18.4 Å². The van der Waals surface area contributed by atoms with Crippen LogP contribution in [0.3, 0.4) is 0 Å². The number of ether oxygens (including phenoxy) is 1. The van der Waals surface area contributed by atoms with E-state index in [-0.39, 0.29) is 28.8 Å². The van der Waals surface area contributed by atoms with Crippen LogP contribution in [0.15, 0.2) is 36.8 Å². The van der Waals surface area contributed by atoms with Crippen molar-refractivity contribution in [1.82, 2.24) is 25.1 Å². The topological polar surface area (TPSA) is 114 Å². The summed E-state index contributed by atoms with van der Waals surface area (Å²) < 4.78 is 34.1. The zero-order valence-corrected chi connectivity index (χ0v) is 19.3. The molecule has 182 valence electrons. The first kappa shape index (κ1) is 22.5. The number of aromatic amines is 1. The molecule has 0 unspecified atom stereocenters. The molecule has 9 nitrogen and oxygen atoms in total. The summed E-state index contributed by atoms with van der Waals surface area (Å²) >= 11 is 5.80. The van der Waals surface area contributed by atoms with Gasteiger partial charge in [-0.2, -0.15) is 13.9 Å². The number of amides is 1. The molecule has 0 radical (unpaired) electrons. The maximum absolute atomic E-state index is 14.6. The molecule has 1 aliphatic heterocycles. The molecule has 6 rings (SSSR count). The third-order valence-corrected chi connectivity index (χ3v) is 6.45. The standard InChI is InChI=1S/C24H17ClF2N6O3/c25-14-7-28-20(29-8-14)10-33-18-4-3-13(6-19(18)36-24(26,27)23(33)35)21-15-9-30-32-22(15)31-17(16(21)11-34)5-12-1-2-12/h3-4,6-9,11-12H,1-2,5,10H2,(H,30,31,32). The highest BCUT2D eigenvalue weighted by Crippen LogP contribution is 2.44. The maximum Gasteiger partial charge on any atom is 0.482 e. The Hall–Kier alpha value is -3.99. The number of rotatable bonds is 6. The summed E-state index contributed by atoms with van der Waals surface area (Å²) in [6, 6.07) is 4.53. The number of benzene rings is 1. The van der Waals surface area contributed by atoms with E-state index in [0.29, 0.717) is 45.8 Å². The lowest BCUT2D eigenvalue weighted by Gasteiger charge is -2.33. The van der Waals surface area contributed by atoms with E-state index in [1.807, 2.05) is 0 Å². The number of nitrogens with one attached hydrogen (secondary N) is 1. The predicted octanol–water partition coefficient (Wildman–Crippen LogP) is 4.35. The Bertz CT molecular complexity index is 1520.